The van der Waals surface area contributed by atoms with Crippen molar-refractivity contribution in [2.24, 2.45) is 0 Å². The lowest BCUT2D eigenvalue weighted by Crippen LogP contribution is -2.13. The molecule has 0 saturated carbocycles. The van der Waals surface area contributed by atoms with E-state index in [0.717, 1.165) is 51.7 Å². The van der Waals surface area contributed by atoms with E-state index in [1.54, 1.807) is 22.7 Å². The highest BCUT2D eigenvalue weighted by Crippen LogP contribution is 2.46. The maximum atomic E-state index is 12.0. The van der Waals surface area contributed by atoms with Crippen LogP contribution in [0.3, 0.4) is 0 Å². The van der Waals surface area contributed by atoms with Crippen LogP contribution in [0.25, 0.3) is 20.4 Å². The highest BCUT2D eigenvalue weighted by molar-refractivity contribution is 7.19. The monoisotopic (exact) mass is 570 g/mol. The van der Waals surface area contributed by atoms with Crippen molar-refractivity contribution in [3.05, 3.63) is 43.8 Å². The summed E-state index contributed by atoms with van der Waals surface area (Å²) in [4.78, 5) is 32.7. The first-order valence-electron chi connectivity index (χ1n) is 10.6. The zero-order valence-corrected chi connectivity index (χ0v) is 20.8. The van der Waals surface area contributed by atoms with Crippen LogP contribution >= 0.6 is 45.9 Å². The quantitative estimate of drug-likeness (QED) is 0.205. The molecule has 2 atom stereocenters. The molecule has 2 aliphatic rings. The Bertz CT molecular complexity index is 1360. The van der Waals surface area contributed by atoms with E-state index in [-0.39, 0.29) is 46.7 Å². The van der Waals surface area contributed by atoms with E-state index >= 15 is 0 Å². The number of fused-ring (bicyclic) bond motifs is 6. The molecule has 4 heterocycles. The number of carbonyl (C=O) groups excluding carboxylic acids is 1. The summed E-state index contributed by atoms with van der Waals surface area (Å²) in [6, 6.07) is 0. The smallest absolute Gasteiger partial charge is 0.313 e. The molecule has 7 nitrogen and oxygen atoms in total. The molecule has 6 rings (SSSR count). The SMILES string of the molecule is C.C.C.CCOC(=O)C1CCc2sc3ncnc(Cl)c3c21.OCC1CCc2sc3ncnc(Cl)c3c21. The van der Waals surface area contributed by atoms with Gasteiger partial charge in [-0.1, -0.05) is 45.5 Å². The van der Waals surface area contributed by atoms with Gasteiger partial charge in [0.15, 0.2) is 0 Å². The zero-order valence-electron chi connectivity index (χ0n) is 17.7. The summed E-state index contributed by atoms with van der Waals surface area (Å²) < 4.78 is 5.12. The second kappa shape index (κ2) is 12.6. The van der Waals surface area contributed by atoms with Crippen molar-refractivity contribution in [1.29, 1.82) is 0 Å². The molecular weight excluding hydrogens is 539 g/mol. The largest absolute Gasteiger partial charge is 0.466 e. The number of aliphatic hydroxyl groups excluding tert-OH is 1. The number of hydrogen-bond donors (Lipinski definition) is 1. The number of hydrogen-bond acceptors (Lipinski definition) is 9. The summed E-state index contributed by atoms with van der Waals surface area (Å²) >= 11 is 15.5. The summed E-state index contributed by atoms with van der Waals surface area (Å²) in [5.41, 5.74) is 2.17. The lowest BCUT2D eigenvalue weighted by atomic mass is 10.0. The Hall–Kier alpha value is -1.91. The van der Waals surface area contributed by atoms with Crippen LogP contribution < -0.4 is 0 Å². The number of aryl methyl sites for hydroxylation is 2. The Morgan fingerprint density at radius 3 is 2.03 bits per heavy atom. The number of aliphatic hydroxyl groups is 1. The fourth-order valence-corrected chi connectivity index (χ4v) is 7.67. The topological polar surface area (TPSA) is 98.1 Å². The molecule has 36 heavy (non-hydrogen) atoms. The van der Waals surface area contributed by atoms with Crippen molar-refractivity contribution in [3.63, 3.8) is 0 Å². The summed E-state index contributed by atoms with van der Waals surface area (Å²) in [5, 5.41) is 12.0. The van der Waals surface area contributed by atoms with Gasteiger partial charge in [0, 0.05) is 15.7 Å². The van der Waals surface area contributed by atoms with E-state index in [9.17, 15) is 9.90 Å². The van der Waals surface area contributed by atoms with Crippen LogP contribution in [0, 0.1) is 0 Å². The average Bonchev–Trinajstić information content (AvgIpc) is 3.53. The third-order valence-electron chi connectivity index (χ3n) is 6.04. The van der Waals surface area contributed by atoms with E-state index in [4.69, 9.17) is 27.9 Å². The van der Waals surface area contributed by atoms with Crippen LogP contribution in [0.1, 0.15) is 74.8 Å². The molecule has 0 radical (unpaired) electrons. The molecule has 4 aromatic rings. The van der Waals surface area contributed by atoms with Crippen LogP contribution in [-0.4, -0.2) is 44.2 Å². The van der Waals surface area contributed by atoms with Crippen LogP contribution in [0.5, 0.6) is 0 Å². The Balaban J connectivity index is 0.000000237. The molecule has 11 heteroatoms. The number of thiophene rings is 2. The van der Waals surface area contributed by atoms with Crippen LogP contribution in [0.15, 0.2) is 12.7 Å². The Morgan fingerprint density at radius 1 is 0.944 bits per heavy atom. The van der Waals surface area contributed by atoms with Crippen LogP contribution in [0.4, 0.5) is 0 Å². The van der Waals surface area contributed by atoms with Gasteiger partial charge in [-0.05, 0) is 43.7 Å². The number of carbonyl (C=O) groups is 1. The van der Waals surface area contributed by atoms with Gasteiger partial charge in [0.05, 0.1) is 29.9 Å². The van der Waals surface area contributed by atoms with E-state index < -0.39 is 0 Å². The molecule has 2 unspecified atom stereocenters. The number of halogens is 2. The molecule has 0 aromatic carbocycles. The second-order valence-corrected chi connectivity index (χ2v) is 10.7. The van der Waals surface area contributed by atoms with E-state index in [1.165, 1.54) is 28.0 Å². The Kier molecular flexibility index (Phi) is 10.6. The number of nitrogens with zero attached hydrogens (tertiary/aromatic N) is 4. The number of aromatic nitrogens is 4. The van der Waals surface area contributed by atoms with Crippen molar-refractivity contribution < 1.29 is 14.6 Å². The van der Waals surface area contributed by atoms with Crippen molar-refractivity contribution in [2.45, 2.75) is 66.7 Å². The molecule has 2 aliphatic carbocycles. The van der Waals surface area contributed by atoms with Gasteiger partial charge >= 0.3 is 5.97 Å². The van der Waals surface area contributed by atoms with Gasteiger partial charge in [-0.2, -0.15) is 0 Å². The molecule has 0 aliphatic heterocycles. The van der Waals surface area contributed by atoms with Crippen LogP contribution in [0.2, 0.25) is 10.3 Å². The highest BCUT2D eigenvalue weighted by Gasteiger charge is 2.34. The summed E-state index contributed by atoms with van der Waals surface area (Å²) in [6.07, 6.45) is 6.66. The molecule has 0 spiro atoms. The number of rotatable bonds is 3. The molecule has 0 saturated heterocycles. The molecule has 0 fully saturated rings. The summed E-state index contributed by atoms with van der Waals surface area (Å²) in [5.74, 6) is -0.162. The fourth-order valence-electron chi connectivity index (χ4n) is 4.63. The minimum absolute atomic E-state index is 0. The normalized spacial score (nSPS) is 17.2. The summed E-state index contributed by atoms with van der Waals surface area (Å²) in [7, 11) is 0. The average molecular weight is 572 g/mol. The van der Waals surface area contributed by atoms with Crippen molar-refractivity contribution in [2.75, 3.05) is 13.2 Å². The molecule has 0 bridgehead atoms. The van der Waals surface area contributed by atoms with E-state index in [1.807, 2.05) is 6.92 Å². The molecule has 0 amide bonds. The first-order valence-corrected chi connectivity index (χ1v) is 13.0. The van der Waals surface area contributed by atoms with Gasteiger partial charge in [0.25, 0.3) is 0 Å². The Labute approximate surface area is 229 Å². The third-order valence-corrected chi connectivity index (χ3v) is 8.96. The van der Waals surface area contributed by atoms with Gasteiger partial charge < -0.3 is 9.84 Å². The van der Waals surface area contributed by atoms with Gasteiger partial charge in [-0.3, -0.25) is 4.79 Å². The summed E-state index contributed by atoms with van der Waals surface area (Å²) in [6.45, 7) is 2.40. The van der Waals surface area contributed by atoms with Gasteiger partial charge in [0.2, 0.25) is 0 Å². The Morgan fingerprint density at radius 2 is 1.47 bits per heavy atom. The fraction of sp³-hybridized carbons (Fsp3) is 0.480. The van der Waals surface area contributed by atoms with Crippen molar-refractivity contribution in [3.8, 4) is 0 Å². The van der Waals surface area contributed by atoms with Gasteiger partial charge in [-0.25, -0.2) is 19.9 Å². The lowest BCUT2D eigenvalue weighted by Gasteiger charge is -2.09. The van der Waals surface area contributed by atoms with Gasteiger partial charge in [0.1, 0.15) is 32.6 Å². The first kappa shape index (κ1) is 30.3. The maximum Gasteiger partial charge on any atom is 0.313 e. The first-order chi connectivity index (χ1) is 16.0. The third kappa shape index (κ3) is 5.22. The second-order valence-electron chi connectivity index (χ2n) is 7.83. The van der Waals surface area contributed by atoms with Crippen molar-refractivity contribution >= 4 is 72.3 Å². The lowest BCUT2D eigenvalue weighted by molar-refractivity contribution is -0.144. The van der Waals surface area contributed by atoms with E-state index in [2.05, 4.69) is 19.9 Å². The van der Waals surface area contributed by atoms with Crippen molar-refractivity contribution in [1.82, 2.24) is 19.9 Å². The zero-order chi connectivity index (χ0) is 23.1. The predicted octanol–water partition coefficient (Wildman–Crippen LogP) is 7.21. The minimum atomic E-state index is -0.211. The molecule has 1 N–H and O–H groups in total. The molecular formula is C25H32Cl2N4O3S2. The maximum absolute atomic E-state index is 12.0. The molecule has 4 aromatic heterocycles. The minimum Gasteiger partial charge on any atom is -0.466 e. The van der Waals surface area contributed by atoms with E-state index in [0.29, 0.717) is 16.9 Å². The van der Waals surface area contributed by atoms with Crippen LogP contribution in [-0.2, 0) is 22.4 Å². The number of esters is 1. The number of ether oxygens (including phenoxy) is 1. The predicted molar refractivity (Wildman–Crippen MR) is 151 cm³/mol. The van der Waals surface area contributed by atoms with Gasteiger partial charge in [-0.15, -0.1) is 22.7 Å². The standard InChI is InChI=1S/C12H11ClN2O2S.C10H9ClN2OS.3CH4/c1-2-17-12(16)6-3-4-7-8(6)9-10(13)14-5-15-11(9)18-7;11-9-8-7-5(3-14)1-2-6(7)15-10(8)13-4-12-9;;;/h5-6H,2-4H2,1H3;4-5,14H,1-3H2;3*1H4. The molecule has 196 valence electrons. The highest BCUT2D eigenvalue weighted by atomic mass is 35.5.